The molecular formula is C23H28IN3O3. The van der Waals surface area contributed by atoms with Crippen molar-refractivity contribution >= 4 is 29.9 Å². The van der Waals surface area contributed by atoms with Crippen LogP contribution in [0, 0.1) is 0 Å². The van der Waals surface area contributed by atoms with Crippen LogP contribution < -0.4 is 20.1 Å². The molecule has 7 heteroatoms. The molecular weight excluding hydrogens is 493 g/mol. The molecule has 0 unspecified atom stereocenters. The van der Waals surface area contributed by atoms with Gasteiger partial charge in [-0.05, 0) is 35.4 Å². The van der Waals surface area contributed by atoms with Gasteiger partial charge >= 0.3 is 0 Å². The molecule has 0 aliphatic heterocycles. The second-order valence-corrected chi connectivity index (χ2v) is 6.45. The molecule has 0 amide bonds. The lowest BCUT2D eigenvalue weighted by molar-refractivity contribution is 0.354. The molecule has 0 atom stereocenters. The van der Waals surface area contributed by atoms with E-state index in [-0.39, 0.29) is 24.0 Å². The summed E-state index contributed by atoms with van der Waals surface area (Å²) in [5.41, 5.74) is 2.23. The molecule has 3 aromatic rings. The molecule has 0 spiro atoms. The summed E-state index contributed by atoms with van der Waals surface area (Å²) in [5, 5.41) is 6.76. The van der Waals surface area contributed by atoms with Gasteiger partial charge in [-0.25, -0.2) is 4.99 Å². The van der Waals surface area contributed by atoms with Crippen LogP contribution in [0.15, 0.2) is 76.3 Å². The van der Waals surface area contributed by atoms with Crippen LogP contribution in [-0.4, -0.2) is 26.7 Å². The third-order valence-corrected chi connectivity index (χ3v) is 4.41. The second-order valence-electron chi connectivity index (χ2n) is 6.45. The standard InChI is InChI=1S/C23H27N3O3.HI/c1-27-21-11-10-19(15-22(21)28-2)17-26-23(24-13-12-20-9-6-14-29-20)25-16-18-7-4-3-5-8-18;/h3-11,14-15H,12-13,16-17H2,1-2H3,(H2,24,25,26);1H. The molecule has 1 aromatic heterocycles. The number of rotatable bonds is 9. The Labute approximate surface area is 194 Å². The zero-order valence-corrected chi connectivity index (χ0v) is 19.6. The van der Waals surface area contributed by atoms with E-state index in [1.54, 1.807) is 20.5 Å². The normalized spacial score (nSPS) is 10.8. The minimum Gasteiger partial charge on any atom is -0.493 e. The number of guanidine groups is 1. The van der Waals surface area contributed by atoms with Gasteiger partial charge in [0.2, 0.25) is 0 Å². The molecule has 2 aromatic carbocycles. The van der Waals surface area contributed by atoms with Gasteiger partial charge in [-0.2, -0.15) is 0 Å². The van der Waals surface area contributed by atoms with Crippen LogP contribution in [0.2, 0.25) is 0 Å². The Morgan fingerprint density at radius 3 is 2.40 bits per heavy atom. The molecule has 1 heterocycles. The van der Waals surface area contributed by atoms with E-state index < -0.39 is 0 Å². The molecule has 30 heavy (non-hydrogen) atoms. The number of benzene rings is 2. The minimum absolute atomic E-state index is 0. The van der Waals surface area contributed by atoms with E-state index in [4.69, 9.17) is 18.9 Å². The summed E-state index contributed by atoms with van der Waals surface area (Å²) in [6.07, 6.45) is 2.48. The Morgan fingerprint density at radius 2 is 1.70 bits per heavy atom. The summed E-state index contributed by atoms with van der Waals surface area (Å²) >= 11 is 0. The summed E-state index contributed by atoms with van der Waals surface area (Å²) in [6.45, 7) is 1.94. The predicted octanol–water partition coefficient (Wildman–Crippen LogP) is 4.39. The van der Waals surface area contributed by atoms with Crippen molar-refractivity contribution in [2.45, 2.75) is 19.5 Å². The Kier molecular flexibility index (Phi) is 10.1. The summed E-state index contributed by atoms with van der Waals surface area (Å²) in [7, 11) is 3.26. The van der Waals surface area contributed by atoms with E-state index >= 15 is 0 Å². The monoisotopic (exact) mass is 521 g/mol. The zero-order valence-electron chi connectivity index (χ0n) is 17.3. The Morgan fingerprint density at radius 1 is 0.900 bits per heavy atom. The lowest BCUT2D eigenvalue weighted by Gasteiger charge is -2.13. The topological polar surface area (TPSA) is 68.0 Å². The van der Waals surface area contributed by atoms with E-state index in [0.717, 1.165) is 30.2 Å². The van der Waals surface area contributed by atoms with Crippen molar-refractivity contribution in [3.8, 4) is 11.5 Å². The highest BCUT2D eigenvalue weighted by atomic mass is 127. The van der Waals surface area contributed by atoms with Crippen molar-refractivity contribution in [2.75, 3.05) is 20.8 Å². The van der Waals surface area contributed by atoms with Gasteiger partial charge in [-0.1, -0.05) is 36.4 Å². The quantitative estimate of drug-likeness (QED) is 0.249. The molecule has 0 saturated carbocycles. The zero-order chi connectivity index (χ0) is 20.3. The number of hydrogen-bond acceptors (Lipinski definition) is 4. The molecule has 160 valence electrons. The van der Waals surface area contributed by atoms with Gasteiger partial charge in [0.05, 0.1) is 27.0 Å². The van der Waals surface area contributed by atoms with Crippen LogP contribution in [0.1, 0.15) is 16.9 Å². The summed E-state index contributed by atoms with van der Waals surface area (Å²) < 4.78 is 16.1. The van der Waals surface area contributed by atoms with Crippen LogP contribution in [0.25, 0.3) is 0 Å². The molecule has 0 fully saturated rings. The highest BCUT2D eigenvalue weighted by molar-refractivity contribution is 14.0. The van der Waals surface area contributed by atoms with Crippen LogP contribution in [0.4, 0.5) is 0 Å². The van der Waals surface area contributed by atoms with Crippen LogP contribution in [0.3, 0.4) is 0 Å². The van der Waals surface area contributed by atoms with E-state index in [9.17, 15) is 0 Å². The molecule has 0 saturated heterocycles. The lowest BCUT2D eigenvalue weighted by Crippen LogP contribution is -2.38. The smallest absolute Gasteiger partial charge is 0.191 e. The molecule has 3 rings (SSSR count). The number of halogens is 1. The fourth-order valence-electron chi connectivity index (χ4n) is 2.86. The van der Waals surface area contributed by atoms with E-state index in [1.807, 2.05) is 48.5 Å². The van der Waals surface area contributed by atoms with Gasteiger partial charge in [0, 0.05) is 19.5 Å². The molecule has 0 radical (unpaired) electrons. The first-order valence-electron chi connectivity index (χ1n) is 9.58. The average Bonchev–Trinajstić information content (AvgIpc) is 3.29. The first-order chi connectivity index (χ1) is 14.3. The Balaban J connectivity index is 0.00000320. The van der Waals surface area contributed by atoms with Crippen LogP contribution in [-0.2, 0) is 19.5 Å². The fraction of sp³-hybridized carbons (Fsp3) is 0.261. The van der Waals surface area contributed by atoms with Gasteiger partial charge in [-0.15, -0.1) is 24.0 Å². The molecule has 2 N–H and O–H groups in total. The highest BCUT2D eigenvalue weighted by Crippen LogP contribution is 2.27. The average molecular weight is 521 g/mol. The lowest BCUT2D eigenvalue weighted by atomic mass is 10.2. The highest BCUT2D eigenvalue weighted by Gasteiger charge is 2.05. The van der Waals surface area contributed by atoms with Gasteiger partial charge in [0.15, 0.2) is 17.5 Å². The number of nitrogens with one attached hydrogen (secondary N) is 2. The van der Waals surface area contributed by atoms with E-state index in [0.29, 0.717) is 24.6 Å². The van der Waals surface area contributed by atoms with Gasteiger partial charge in [0.1, 0.15) is 5.76 Å². The number of furan rings is 1. The van der Waals surface area contributed by atoms with Gasteiger partial charge in [-0.3, -0.25) is 0 Å². The Bertz CT molecular complexity index is 899. The second kappa shape index (κ2) is 12.8. The van der Waals surface area contributed by atoms with Crippen molar-refractivity contribution in [3.63, 3.8) is 0 Å². The van der Waals surface area contributed by atoms with Crippen molar-refractivity contribution < 1.29 is 13.9 Å². The largest absolute Gasteiger partial charge is 0.493 e. The maximum Gasteiger partial charge on any atom is 0.191 e. The molecule has 0 aliphatic rings. The maximum atomic E-state index is 5.40. The number of hydrogen-bond donors (Lipinski definition) is 2. The van der Waals surface area contributed by atoms with Crippen LogP contribution >= 0.6 is 24.0 Å². The fourth-order valence-corrected chi connectivity index (χ4v) is 2.86. The summed E-state index contributed by atoms with van der Waals surface area (Å²) in [6, 6.07) is 19.9. The molecule has 6 nitrogen and oxygen atoms in total. The third-order valence-electron chi connectivity index (χ3n) is 4.41. The number of ether oxygens (including phenoxy) is 2. The molecule has 0 aliphatic carbocycles. The predicted molar refractivity (Wildman–Crippen MR) is 130 cm³/mol. The van der Waals surface area contributed by atoms with E-state index in [1.165, 1.54) is 5.56 Å². The SMILES string of the molecule is COc1ccc(CN=C(NCCc2ccco2)NCc2ccccc2)cc1OC.I. The Hall–Kier alpha value is -2.68. The minimum atomic E-state index is 0. The molecule has 0 bridgehead atoms. The maximum absolute atomic E-state index is 5.40. The first-order valence-corrected chi connectivity index (χ1v) is 9.58. The number of methoxy groups -OCH3 is 2. The first kappa shape index (κ1) is 23.6. The summed E-state index contributed by atoms with van der Waals surface area (Å²) in [5.74, 6) is 3.10. The summed E-state index contributed by atoms with van der Waals surface area (Å²) in [4.78, 5) is 4.73. The van der Waals surface area contributed by atoms with Gasteiger partial charge < -0.3 is 24.5 Å². The van der Waals surface area contributed by atoms with E-state index in [2.05, 4.69) is 22.8 Å². The van der Waals surface area contributed by atoms with Crippen molar-refractivity contribution in [2.24, 2.45) is 4.99 Å². The third kappa shape index (κ3) is 7.29. The number of aliphatic imine (C=N–C) groups is 1. The van der Waals surface area contributed by atoms with Crippen molar-refractivity contribution in [3.05, 3.63) is 83.8 Å². The van der Waals surface area contributed by atoms with Crippen LogP contribution in [0.5, 0.6) is 11.5 Å². The van der Waals surface area contributed by atoms with Crippen molar-refractivity contribution in [1.29, 1.82) is 0 Å². The van der Waals surface area contributed by atoms with Crippen molar-refractivity contribution in [1.82, 2.24) is 10.6 Å². The van der Waals surface area contributed by atoms with Gasteiger partial charge in [0.25, 0.3) is 0 Å². The number of nitrogens with zero attached hydrogens (tertiary/aromatic N) is 1.